The molecule has 3 unspecified atom stereocenters. The van der Waals surface area contributed by atoms with E-state index in [1.165, 1.54) is 18.2 Å². The second kappa shape index (κ2) is 4.77. The fraction of sp³-hybridized carbons (Fsp3) is 0.500. The number of imide groups is 1. The lowest BCUT2D eigenvalue weighted by Gasteiger charge is -2.26. The predicted molar refractivity (Wildman–Crippen MR) is 80.1 cm³/mol. The summed E-state index contributed by atoms with van der Waals surface area (Å²) in [6, 6.07) is 3.89. The van der Waals surface area contributed by atoms with Crippen molar-refractivity contribution in [1.29, 1.82) is 0 Å². The maximum Gasteiger partial charge on any atom is 0.240 e. The zero-order valence-electron chi connectivity index (χ0n) is 11.3. The van der Waals surface area contributed by atoms with Crippen LogP contribution in [0.1, 0.15) is 27.2 Å². The lowest BCUT2D eigenvalue weighted by atomic mass is 9.74. The van der Waals surface area contributed by atoms with Crippen LogP contribution < -0.4 is 4.90 Å². The number of fused-ring (bicyclic) bond motifs is 5. The Morgan fingerprint density at radius 2 is 2.09 bits per heavy atom. The molecule has 118 valence electrons. The molecule has 3 saturated heterocycles. The van der Waals surface area contributed by atoms with Crippen molar-refractivity contribution in [2.24, 2.45) is 11.8 Å². The lowest BCUT2D eigenvalue weighted by Crippen LogP contribution is -2.39. The molecule has 0 aliphatic carbocycles. The first-order valence-corrected chi connectivity index (χ1v) is 7.31. The van der Waals surface area contributed by atoms with Crippen molar-refractivity contribution in [3.63, 3.8) is 0 Å². The van der Waals surface area contributed by atoms with Crippen LogP contribution in [0.25, 0.3) is 0 Å². The van der Waals surface area contributed by atoms with E-state index in [4.69, 9.17) is 16.3 Å². The second-order valence-electron chi connectivity index (χ2n) is 6.12. The molecule has 4 nitrogen and oxygen atoms in total. The number of amides is 2. The molecule has 0 radical (unpaired) electrons. The molecule has 6 heteroatoms. The van der Waals surface area contributed by atoms with Crippen molar-refractivity contribution in [2.75, 3.05) is 4.90 Å². The van der Waals surface area contributed by atoms with Gasteiger partial charge in [0.05, 0.1) is 34.3 Å². The van der Waals surface area contributed by atoms with Gasteiger partial charge >= 0.3 is 0 Å². The van der Waals surface area contributed by atoms with Crippen LogP contribution in [0.5, 0.6) is 0 Å². The van der Waals surface area contributed by atoms with E-state index in [0.717, 1.165) is 17.7 Å². The molecule has 1 aromatic rings. The highest BCUT2D eigenvalue weighted by Crippen LogP contribution is 2.55. The number of hydrogen-bond donors (Lipinski definition) is 0. The summed E-state index contributed by atoms with van der Waals surface area (Å²) in [5.41, 5.74) is -0.227. The van der Waals surface area contributed by atoms with E-state index in [1.807, 2.05) is 6.92 Å². The Labute approximate surface area is 133 Å². The van der Waals surface area contributed by atoms with Crippen molar-refractivity contribution >= 4 is 29.1 Å². The summed E-state index contributed by atoms with van der Waals surface area (Å²) in [6.45, 7) is 1.89. The van der Waals surface area contributed by atoms with E-state index in [1.54, 1.807) is 0 Å². The molecule has 2 bridgehead atoms. The first-order valence-electron chi connectivity index (χ1n) is 6.93. The van der Waals surface area contributed by atoms with Crippen molar-refractivity contribution in [3.8, 4) is 0 Å². The van der Waals surface area contributed by atoms with Gasteiger partial charge in [0.1, 0.15) is 5.82 Å². The lowest BCUT2D eigenvalue weighted by molar-refractivity contribution is -0.126. The Bertz CT molecular complexity index is 679. The number of ether oxygens (including phenoxy) is 1. The number of nitrogens with zero attached hydrogens (tertiary/aromatic N) is 1. The fourth-order valence-electron chi connectivity index (χ4n) is 3.96. The smallest absolute Gasteiger partial charge is 0.240 e. The average Bonchev–Trinajstić information content (AvgIpc) is 3.03. The molecule has 0 N–H and O–H groups in total. The molecule has 3 aliphatic heterocycles. The number of rotatable bonds is 1. The largest absolute Gasteiger partial charge is 0.370 e. The van der Waals surface area contributed by atoms with E-state index in [2.05, 4.69) is 0 Å². The first kappa shape index (κ1) is 15.4. The molecule has 0 aromatic heterocycles. The van der Waals surface area contributed by atoms with Gasteiger partial charge in [0.2, 0.25) is 11.8 Å². The molecule has 3 heterocycles. The summed E-state index contributed by atoms with van der Waals surface area (Å²) in [7, 11) is 0. The highest BCUT2D eigenvalue weighted by Gasteiger charge is 2.67. The maximum atomic E-state index is 13.3. The number of halogens is 2. The Hall–Kier alpha value is -1.46. The van der Waals surface area contributed by atoms with Crippen LogP contribution in [0.3, 0.4) is 0 Å². The zero-order valence-corrected chi connectivity index (χ0v) is 12.1. The van der Waals surface area contributed by atoms with Gasteiger partial charge in [-0.1, -0.05) is 19.0 Å². The molecular weight excluding hydrogens is 309 g/mol. The summed E-state index contributed by atoms with van der Waals surface area (Å²) in [6.07, 6.45) is 1.40. The van der Waals surface area contributed by atoms with Crippen molar-refractivity contribution in [3.05, 3.63) is 29.0 Å². The standard InChI is InChI=1S/C15H13ClFNO3.CH4/c1-15-5-4-10(21-15)11-12(15)14(20)18(13(11)19)7-2-3-9(17)8(16)6-7;/h2-3,6,10-12H,4-5H2,1H3;1H4/t10?,11-,12?,15?;/m1./s1. The molecular formula is C16H17ClFNO3. The van der Waals surface area contributed by atoms with Gasteiger partial charge in [-0.3, -0.25) is 9.59 Å². The molecule has 0 spiro atoms. The highest BCUT2D eigenvalue weighted by atomic mass is 35.5. The molecule has 3 fully saturated rings. The van der Waals surface area contributed by atoms with Crippen LogP contribution in [0, 0.1) is 17.7 Å². The third-order valence-electron chi connectivity index (χ3n) is 4.92. The number of carbonyl (C=O) groups is 2. The maximum absolute atomic E-state index is 13.3. The van der Waals surface area contributed by atoms with E-state index < -0.39 is 23.3 Å². The first-order chi connectivity index (χ1) is 9.92. The van der Waals surface area contributed by atoms with Gasteiger partial charge in [-0.2, -0.15) is 0 Å². The zero-order chi connectivity index (χ0) is 14.9. The summed E-state index contributed by atoms with van der Waals surface area (Å²) in [5, 5.41) is -0.101. The molecule has 22 heavy (non-hydrogen) atoms. The van der Waals surface area contributed by atoms with Gasteiger partial charge in [0.25, 0.3) is 0 Å². The van der Waals surface area contributed by atoms with Crippen molar-refractivity contribution in [1.82, 2.24) is 0 Å². The number of anilines is 1. The number of hydrogen-bond acceptors (Lipinski definition) is 3. The fourth-order valence-corrected chi connectivity index (χ4v) is 4.14. The molecule has 4 rings (SSSR count). The van der Waals surface area contributed by atoms with Gasteiger partial charge in [0.15, 0.2) is 0 Å². The molecule has 3 aliphatic rings. The van der Waals surface area contributed by atoms with Crippen molar-refractivity contribution in [2.45, 2.75) is 38.9 Å². The van der Waals surface area contributed by atoms with Gasteiger partial charge < -0.3 is 4.74 Å². The average molecular weight is 326 g/mol. The predicted octanol–water partition coefficient (Wildman–Crippen LogP) is 3.17. The summed E-state index contributed by atoms with van der Waals surface area (Å²) < 4.78 is 19.1. The highest BCUT2D eigenvalue weighted by molar-refractivity contribution is 6.31. The van der Waals surface area contributed by atoms with Gasteiger partial charge in [-0.25, -0.2) is 9.29 Å². The Kier molecular flexibility index (Phi) is 3.34. The molecule has 1 aromatic carbocycles. The summed E-state index contributed by atoms with van der Waals surface area (Å²) in [4.78, 5) is 26.4. The van der Waals surface area contributed by atoms with Crippen LogP contribution >= 0.6 is 11.6 Å². The van der Waals surface area contributed by atoms with E-state index in [9.17, 15) is 14.0 Å². The van der Waals surface area contributed by atoms with E-state index in [0.29, 0.717) is 5.69 Å². The summed E-state index contributed by atoms with van der Waals surface area (Å²) >= 11 is 5.76. The molecule has 0 saturated carbocycles. The van der Waals surface area contributed by atoms with Crippen LogP contribution in [-0.2, 0) is 14.3 Å². The third kappa shape index (κ3) is 1.78. The molecule has 4 atom stereocenters. The van der Waals surface area contributed by atoms with E-state index in [-0.39, 0.29) is 30.4 Å². The third-order valence-corrected chi connectivity index (χ3v) is 5.21. The van der Waals surface area contributed by atoms with Crippen molar-refractivity contribution < 1.29 is 18.7 Å². The van der Waals surface area contributed by atoms with Crippen LogP contribution in [0.2, 0.25) is 5.02 Å². The second-order valence-corrected chi connectivity index (χ2v) is 6.53. The topological polar surface area (TPSA) is 46.6 Å². The number of carbonyl (C=O) groups excluding carboxylic acids is 2. The minimum Gasteiger partial charge on any atom is -0.370 e. The van der Waals surface area contributed by atoms with Crippen LogP contribution in [0.4, 0.5) is 10.1 Å². The quantitative estimate of drug-likeness (QED) is 0.745. The summed E-state index contributed by atoms with van der Waals surface area (Å²) in [5.74, 6) is -1.96. The van der Waals surface area contributed by atoms with E-state index >= 15 is 0 Å². The minimum absolute atomic E-state index is 0. The van der Waals surface area contributed by atoms with Gasteiger partial charge in [0, 0.05) is 0 Å². The van der Waals surface area contributed by atoms with Crippen LogP contribution in [0.15, 0.2) is 18.2 Å². The normalized spacial score (nSPS) is 35.8. The van der Waals surface area contributed by atoms with Gasteiger partial charge in [-0.15, -0.1) is 0 Å². The number of benzene rings is 1. The monoisotopic (exact) mass is 325 g/mol. The minimum atomic E-state index is -0.574. The molecule has 2 amide bonds. The SMILES string of the molecule is C.CC12CCC(O1)[C@H]1C(=O)N(c3ccc(F)c(Cl)c3)C(=O)C12. The Morgan fingerprint density at radius 1 is 1.36 bits per heavy atom. The van der Waals surface area contributed by atoms with Gasteiger partial charge in [-0.05, 0) is 38.0 Å². The Balaban J connectivity index is 0.00000144. The Morgan fingerprint density at radius 3 is 2.73 bits per heavy atom. The van der Waals surface area contributed by atoms with Crippen LogP contribution in [-0.4, -0.2) is 23.5 Å².